The van der Waals surface area contributed by atoms with Gasteiger partial charge in [-0.15, -0.1) is 0 Å². The number of carbonyl (C=O) groups excluding carboxylic acids is 1. The van der Waals surface area contributed by atoms with Gasteiger partial charge in [0.25, 0.3) is 5.92 Å². The number of rotatable bonds is 4. The molecule has 8 heteroatoms. The summed E-state index contributed by atoms with van der Waals surface area (Å²) in [6.07, 6.45) is 2.89. The smallest absolute Gasteiger partial charge is 0.252 e. The van der Waals surface area contributed by atoms with Crippen LogP contribution >= 0.6 is 11.3 Å². The average molecular weight is 352 g/mol. The Hall–Kier alpha value is -1.80. The lowest BCUT2D eigenvalue weighted by Crippen LogP contribution is -2.53. The number of nitrogens with one attached hydrogen (secondary N) is 1. The van der Waals surface area contributed by atoms with Crippen LogP contribution in [-0.2, 0) is 17.9 Å². The van der Waals surface area contributed by atoms with Crippen molar-refractivity contribution in [2.45, 2.75) is 43.9 Å². The monoisotopic (exact) mass is 352 g/mol. The number of aromatic nitrogens is 2. The van der Waals surface area contributed by atoms with Gasteiger partial charge in [-0.25, -0.2) is 13.8 Å². The minimum Gasteiger partial charge on any atom is -0.351 e. The van der Waals surface area contributed by atoms with E-state index in [1.807, 2.05) is 9.95 Å². The van der Waals surface area contributed by atoms with Crippen LogP contribution in [0.5, 0.6) is 0 Å². The van der Waals surface area contributed by atoms with Crippen LogP contribution in [0.2, 0.25) is 0 Å². The Morgan fingerprint density at radius 2 is 2.29 bits per heavy atom. The van der Waals surface area contributed by atoms with Crippen molar-refractivity contribution in [2.24, 2.45) is 0 Å². The number of alkyl halides is 2. The third-order valence-corrected chi connectivity index (χ3v) is 5.36. The molecule has 0 bridgehead atoms. The van der Waals surface area contributed by atoms with Crippen LogP contribution in [-0.4, -0.2) is 38.9 Å². The summed E-state index contributed by atoms with van der Waals surface area (Å²) >= 11 is 1.65. The molecule has 128 valence electrons. The predicted octanol–water partition coefficient (Wildman–Crippen LogP) is 2.42. The maximum atomic E-state index is 13.0. The largest absolute Gasteiger partial charge is 0.351 e. The molecule has 0 saturated heterocycles. The zero-order valence-electron chi connectivity index (χ0n) is 13.0. The molecule has 1 aliphatic carbocycles. The van der Waals surface area contributed by atoms with Crippen molar-refractivity contribution in [1.82, 2.24) is 19.8 Å². The van der Waals surface area contributed by atoms with Gasteiger partial charge in [0.15, 0.2) is 0 Å². The molecule has 3 heterocycles. The normalized spacial score (nSPS) is 23.5. The van der Waals surface area contributed by atoms with Gasteiger partial charge in [-0.1, -0.05) is 0 Å². The second kappa shape index (κ2) is 5.93. The highest BCUT2D eigenvalue weighted by molar-refractivity contribution is 7.07. The molecule has 24 heavy (non-hydrogen) atoms. The minimum absolute atomic E-state index is 0.204. The molecule has 1 saturated carbocycles. The summed E-state index contributed by atoms with van der Waals surface area (Å²) < 4.78 is 27.8. The number of nitrogens with zero attached hydrogens (tertiary/aromatic N) is 3. The number of fused-ring (bicyclic) bond motifs is 1. The van der Waals surface area contributed by atoms with Crippen molar-refractivity contribution in [3.05, 3.63) is 40.6 Å². The lowest BCUT2D eigenvalue weighted by molar-refractivity contribution is -0.133. The molecule has 1 fully saturated rings. The molecule has 2 aromatic rings. The van der Waals surface area contributed by atoms with Crippen LogP contribution in [0.1, 0.15) is 30.1 Å². The molecular formula is C16H18F2N4OS. The first-order chi connectivity index (χ1) is 11.5. The van der Waals surface area contributed by atoms with E-state index in [-0.39, 0.29) is 18.7 Å². The van der Waals surface area contributed by atoms with Gasteiger partial charge in [-0.2, -0.15) is 11.3 Å². The summed E-state index contributed by atoms with van der Waals surface area (Å²) in [5.74, 6) is -2.83. The minimum atomic E-state index is -2.63. The fourth-order valence-electron chi connectivity index (χ4n) is 3.39. The topological polar surface area (TPSA) is 50.2 Å². The first-order valence-electron chi connectivity index (χ1n) is 7.92. The van der Waals surface area contributed by atoms with Gasteiger partial charge >= 0.3 is 0 Å². The molecule has 0 aromatic carbocycles. The van der Waals surface area contributed by atoms with Gasteiger partial charge in [0.2, 0.25) is 5.91 Å². The SMILES string of the molecule is O=C(NC1CC(F)(F)C1)[C@H]1CN(Cc2ccsc2)Cc2cncn21. The maximum Gasteiger partial charge on any atom is 0.252 e. The molecule has 4 rings (SSSR count). The Morgan fingerprint density at radius 1 is 1.46 bits per heavy atom. The van der Waals surface area contributed by atoms with Crippen LogP contribution in [0.25, 0.3) is 0 Å². The van der Waals surface area contributed by atoms with Crippen LogP contribution < -0.4 is 5.32 Å². The van der Waals surface area contributed by atoms with E-state index in [1.165, 1.54) is 5.56 Å². The molecule has 1 atom stereocenters. The van der Waals surface area contributed by atoms with E-state index in [0.29, 0.717) is 6.54 Å². The second-order valence-electron chi connectivity index (χ2n) is 6.58. The molecule has 0 spiro atoms. The van der Waals surface area contributed by atoms with Gasteiger partial charge < -0.3 is 9.88 Å². The summed E-state index contributed by atoms with van der Waals surface area (Å²) in [6, 6.07) is 1.22. The lowest BCUT2D eigenvalue weighted by Gasteiger charge is -2.38. The van der Waals surface area contributed by atoms with Crippen molar-refractivity contribution in [3.8, 4) is 0 Å². The Balaban J connectivity index is 1.46. The molecule has 0 unspecified atom stereocenters. The highest BCUT2D eigenvalue weighted by Crippen LogP contribution is 2.37. The Morgan fingerprint density at radius 3 is 3.00 bits per heavy atom. The van der Waals surface area contributed by atoms with Crippen LogP contribution in [0.15, 0.2) is 29.4 Å². The number of hydrogen-bond acceptors (Lipinski definition) is 4. The van der Waals surface area contributed by atoms with Crippen molar-refractivity contribution < 1.29 is 13.6 Å². The van der Waals surface area contributed by atoms with Crippen molar-refractivity contribution in [2.75, 3.05) is 6.54 Å². The Bertz CT molecular complexity index is 722. The highest BCUT2D eigenvalue weighted by Gasteiger charge is 2.46. The van der Waals surface area contributed by atoms with Gasteiger partial charge in [0, 0.05) is 44.7 Å². The number of amides is 1. The average Bonchev–Trinajstić information content (AvgIpc) is 3.15. The van der Waals surface area contributed by atoms with E-state index >= 15 is 0 Å². The molecule has 0 radical (unpaired) electrons. The van der Waals surface area contributed by atoms with Crippen LogP contribution in [0.3, 0.4) is 0 Å². The quantitative estimate of drug-likeness (QED) is 0.919. The molecule has 1 N–H and O–H groups in total. The number of carbonyl (C=O) groups is 1. The zero-order valence-corrected chi connectivity index (χ0v) is 13.8. The summed E-state index contributed by atoms with van der Waals surface area (Å²) in [5, 5.41) is 6.89. The number of thiophene rings is 1. The maximum absolute atomic E-state index is 13.0. The molecule has 5 nitrogen and oxygen atoms in total. The van der Waals surface area contributed by atoms with E-state index in [2.05, 4.69) is 26.6 Å². The molecular weight excluding hydrogens is 334 g/mol. The van der Waals surface area contributed by atoms with E-state index in [1.54, 1.807) is 23.9 Å². The number of halogens is 2. The third kappa shape index (κ3) is 3.08. The molecule has 1 amide bonds. The Labute approximate surface area is 142 Å². The number of hydrogen-bond donors (Lipinski definition) is 1. The molecule has 1 aliphatic heterocycles. The van der Waals surface area contributed by atoms with Crippen LogP contribution in [0.4, 0.5) is 8.78 Å². The predicted molar refractivity (Wildman–Crippen MR) is 85.8 cm³/mol. The van der Waals surface area contributed by atoms with E-state index < -0.39 is 18.0 Å². The van der Waals surface area contributed by atoms with Gasteiger partial charge in [0.05, 0.1) is 12.0 Å². The van der Waals surface area contributed by atoms with Crippen molar-refractivity contribution >= 4 is 17.2 Å². The van der Waals surface area contributed by atoms with Gasteiger partial charge in [-0.3, -0.25) is 9.69 Å². The van der Waals surface area contributed by atoms with Crippen LogP contribution in [0, 0.1) is 0 Å². The zero-order chi connectivity index (χ0) is 16.7. The molecule has 2 aliphatic rings. The highest BCUT2D eigenvalue weighted by atomic mass is 32.1. The van der Waals surface area contributed by atoms with E-state index in [9.17, 15) is 13.6 Å². The standard InChI is InChI=1S/C16H18F2N4OS/c17-16(18)3-12(4-16)20-15(23)14-8-21(6-11-1-2-24-9-11)7-13-5-19-10-22(13)14/h1-2,5,9-10,12,14H,3-4,6-8H2,(H,20,23)/t14-/m1/s1. The number of imidazole rings is 1. The summed E-state index contributed by atoms with van der Waals surface area (Å²) in [4.78, 5) is 18.9. The second-order valence-corrected chi connectivity index (χ2v) is 7.36. The fourth-order valence-corrected chi connectivity index (χ4v) is 4.05. The van der Waals surface area contributed by atoms with Crippen molar-refractivity contribution in [3.63, 3.8) is 0 Å². The third-order valence-electron chi connectivity index (χ3n) is 4.62. The lowest BCUT2D eigenvalue weighted by atomic mass is 9.88. The Kier molecular flexibility index (Phi) is 3.88. The summed E-state index contributed by atoms with van der Waals surface area (Å²) in [5.41, 5.74) is 2.18. The summed E-state index contributed by atoms with van der Waals surface area (Å²) in [7, 11) is 0. The van der Waals surface area contributed by atoms with Crippen molar-refractivity contribution in [1.29, 1.82) is 0 Å². The fraction of sp³-hybridized carbons (Fsp3) is 0.500. The first kappa shape index (κ1) is 15.7. The van der Waals surface area contributed by atoms with E-state index in [0.717, 1.165) is 18.8 Å². The van der Waals surface area contributed by atoms with Gasteiger partial charge in [0.1, 0.15) is 6.04 Å². The molecule has 2 aromatic heterocycles. The van der Waals surface area contributed by atoms with Gasteiger partial charge in [-0.05, 0) is 22.4 Å². The van der Waals surface area contributed by atoms with E-state index in [4.69, 9.17) is 0 Å². The first-order valence-corrected chi connectivity index (χ1v) is 8.87. The summed E-state index contributed by atoms with van der Waals surface area (Å²) in [6.45, 7) is 2.04.